The minimum absolute atomic E-state index is 0.0628. The molecule has 0 radical (unpaired) electrons. The number of morpholine rings is 1. The van der Waals surface area contributed by atoms with E-state index in [-0.39, 0.29) is 12.0 Å². The second kappa shape index (κ2) is 7.26. The average molecular weight is 278 g/mol. The van der Waals surface area contributed by atoms with Crippen LogP contribution in [0.15, 0.2) is 24.3 Å². The van der Waals surface area contributed by atoms with Crippen LogP contribution in [0.25, 0.3) is 0 Å². The summed E-state index contributed by atoms with van der Waals surface area (Å²) in [6, 6.07) is 7.21. The minimum Gasteiger partial charge on any atom is -0.494 e. The van der Waals surface area contributed by atoms with Gasteiger partial charge in [-0.25, -0.2) is 0 Å². The van der Waals surface area contributed by atoms with E-state index in [1.54, 1.807) is 12.1 Å². The van der Waals surface area contributed by atoms with Gasteiger partial charge in [-0.2, -0.15) is 0 Å². The average Bonchev–Trinajstić information content (AvgIpc) is 2.45. The molecule has 0 aromatic heterocycles. The smallest absolute Gasteiger partial charge is 0.251 e. The number of carbonyl (C=O) groups is 1. The Labute approximate surface area is 119 Å². The molecule has 1 heterocycles. The Morgan fingerprint density at radius 1 is 1.55 bits per heavy atom. The molecule has 1 N–H and O–H groups in total. The van der Waals surface area contributed by atoms with Crippen molar-refractivity contribution >= 4 is 5.91 Å². The highest BCUT2D eigenvalue weighted by Crippen LogP contribution is 2.13. The fourth-order valence-electron chi connectivity index (χ4n) is 2.19. The zero-order chi connectivity index (χ0) is 14.4. The molecule has 5 heteroatoms. The van der Waals surface area contributed by atoms with E-state index >= 15 is 0 Å². The molecule has 110 valence electrons. The molecule has 1 fully saturated rings. The van der Waals surface area contributed by atoms with Crippen LogP contribution in [0.3, 0.4) is 0 Å². The number of amides is 1. The molecular formula is C15H22N2O3. The fourth-order valence-corrected chi connectivity index (χ4v) is 2.19. The van der Waals surface area contributed by atoms with Crippen LogP contribution in [0.1, 0.15) is 17.3 Å². The standard InChI is InChI=1S/C15H22N2O3/c1-3-19-13-6-4-5-12(9-13)15(18)16-10-14-11-17(2)7-8-20-14/h4-6,9,14H,3,7-8,10-11H2,1-2H3,(H,16,18). The van der Waals surface area contributed by atoms with Gasteiger partial charge in [0.25, 0.3) is 5.91 Å². The normalized spacial score (nSPS) is 19.6. The van der Waals surface area contributed by atoms with Gasteiger partial charge in [-0.3, -0.25) is 4.79 Å². The summed E-state index contributed by atoms with van der Waals surface area (Å²) in [5.41, 5.74) is 0.611. The van der Waals surface area contributed by atoms with Gasteiger partial charge < -0.3 is 19.7 Å². The molecule has 1 amide bonds. The maximum absolute atomic E-state index is 12.1. The molecule has 1 atom stereocenters. The summed E-state index contributed by atoms with van der Waals surface area (Å²) in [7, 11) is 2.06. The monoisotopic (exact) mass is 278 g/mol. The van der Waals surface area contributed by atoms with E-state index in [0.29, 0.717) is 24.5 Å². The number of hydrogen-bond acceptors (Lipinski definition) is 4. The summed E-state index contributed by atoms with van der Waals surface area (Å²) in [5.74, 6) is 0.622. The van der Waals surface area contributed by atoms with Crippen molar-refractivity contribution in [2.24, 2.45) is 0 Å². The minimum atomic E-state index is -0.0941. The summed E-state index contributed by atoms with van der Waals surface area (Å²) in [5, 5.41) is 2.91. The van der Waals surface area contributed by atoms with Crippen LogP contribution in [-0.4, -0.2) is 56.8 Å². The lowest BCUT2D eigenvalue weighted by atomic mass is 10.2. The third-order valence-corrected chi connectivity index (χ3v) is 3.24. The molecule has 0 bridgehead atoms. The third-order valence-electron chi connectivity index (χ3n) is 3.24. The van der Waals surface area contributed by atoms with Crippen molar-refractivity contribution in [1.82, 2.24) is 10.2 Å². The SMILES string of the molecule is CCOc1cccc(C(=O)NCC2CN(C)CCO2)c1. The van der Waals surface area contributed by atoms with E-state index in [9.17, 15) is 4.79 Å². The Kier molecular flexibility index (Phi) is 5.38. The van der Waals surface area contributed by atoms with Gasteiger partial charge in [0, 0.05) is 25.2 Å². The first-order chi connectivity index (χ1) is 9.69. The van der Waals surface area contributed by atoms with Crippen molar-refractivity contribution in [3.63, 3.8) is 0 Å². The van der Waals surface area contributed by atoms with Crippen LogP contribution in [0, 0.1) is 0 Å². The van der Waals surface area contributed by atoms with Gasteiger partial charge in [-0.1, -0.05) is 6.07 Å². The Bertz CT molecular complexity index is 450. The zero-order valence-corrected chi connectivity index (χ0v) is 12.1. The van der Waals surface area contributed by atoms with E-state index in [1.165, 1.54) is 0 Å². The number of carbonyl (C=O) groups excluding carboxylic acids is 1. The van der Waals surface area contributed by atoms with Crippen LogP contribution in [0.2, 0.25) is 0 Å². The summed E-state index contributed by atoms with van der Waals surface area (Å²) < 4.78 is 11.0. The Morgan fingerprint density at radius 3 is 3.15 bits per heavy atom. The maximum atomic E-state index is 12.1. The lowest BCUT2D eigenvalue weighted by molar-refractivity contribution is -0.0175. The molecule has 5 nitrogen and oxygen atoms in total. The van der Waals surface area contributed by atoms with E-state index in [1.807, 2.05) is 19.1 Å². The second-order valence-electron chi connectivity index (χ2n) is 4.93. The molecule has 1 aliphatic rings. The van der Waals surface area contributed by atoms with Crippen LogP contribution in [0.5, 0.6) is 5.75 Å². The van der Waals surface area contributed by atoms with Crippen LogP contribution in [-0.2, 0) is 4.74 Å². The maximum Gasteiger partial charge on any atom is 0.251 e. The summed E-state index contributed by atoms with van der Waals surface area (Å²) >= 11 is 0. The molecule has 20 heavy (non-hydrogen) atoms. The predicted molar refractivity (Wildman–Crippen MR) is 77.2 cm³/mol. The number of nitrogens with one attached hydrogen (secondary N) is 1. The van der Waals surface area contributed by atoms with E-state index in [0.717, 1.165) is 19.7 Å². The number of nitrogens with zero attached hydrogens (tertiary/aromatic N) is 1. The molecule has 0 saturated carbocycles. The molecular weight excluding hydrogens is 256 g/mol. The first-order valence-corrected chi connectivity index (χ1v) is 7.00. The Hall–Kier alpha value is -1.59. The van der Waals surface area contributed by atoms with Gasteiger partial charge in [0.2, 0.25) is 0 Å². The molecule has 0 aliphatic carbocycles. The number of hydrogen-bond donors (Lipinski definition) is 1. The van der Waals surface area contributed by atoms with E-state index in [4.69, 9.17) is 9.47 Å². The second-order valence-corrected chi connectivity index (χ2v) is 4.93. The summed E-state index contributed by atoms with van der Waals surface area (Å²) in [4.78, 5) is 14.3. The lowest BCUT2D eigenvalue weighted by Crippen LogP contribution is -2.45. The van der Waals surface area contributed by atoms with Gasteiger partial charge in [-0.15, -0.1) is 0 Å². The van der Waals surface area contributed by atoms with Crippen molar-refractivity contribution in [3.8, 4) is 5.75 Å². The third kappa shape index (κ3) is 4.21. The predicted octanol–water partition coefficient (Wildman–Crippen LogP) is 1.15. The quantitative estimate of drug-likeness (QED) is 0.877. The van der Waals surface area contributed by atoms with Gasteiger partial charge in [0.15, 0.2) is 0 Å². The molecule has 1 aliphatic heterocycles. The van der Waals surface area contributed by atoms with Crippen molar-refractivity contribution < 1.29 is 14.3 Å². The molecule has 1 saturated heterocycles. The summed E-state index contributed by atoms with van der Waals surface area (Å²) in [6.07, 6.45) is 0.0628. The Balaban J connectivity index is 1.86. The highest BCUT2D eigenvalue weighted by molar-refractivity contribution is 5.94. The lowest BCUT2D eigenvalue weighted by Gasteiger charge is -2.30. The van der Waals surface area contributed by atoms with Gasteiger partial charge >= 0.3 is 0 Å². The van der Waals surface area contributed by atoms with Gasteiger partial charge in [0.1, 0.15) is 5.75 Å². The van der Waals surface area contributed by atoms with Crippen molar-refractivity contribution in [3.05, 3.63) is 29.8 Å². The molecule has 1 aromatic rings. The fraction of sp³-hybridized carbons (Fsp3) is 0.533. The van der Waals surface area contributed by atoms with Crippen LogP contribution < -0.4 is 10.1 Å². The molecule has 0 spiro atoms. The highest BCUT2D eigenvalue weighted by atomic mass is 16.5. The Morgan fingerprint density at radius 2 is 2.40 bits per heavy atom. The first-order valence-electron chi connectivity index (χ1n) is 7.00. The van der Waals surface area contributed by atoms with E-state index < -0.39 is 0 Å². The number of rotatable bonds is 5. The summed E-state index contributed by atoms with van der Waals surface area (Å²) in [6.45, 7) is 5.55. The molecule has 1 aromatic carbocycles. The topological polar surface area (TPSA) is 50.8 Å². The van der Waals surface area contributed by atoms with Crippen LogP contribution in [0.4, 0.5) is 0 Å². The van der Waals surface area contributed by atoms with Crippen molar-refractivity contribution in [2.45, 2.75) is 13.0 Å². The van der Waals surface area contributed by atoms with Crippen LogP contribution >= 0.6 is 0 Å². The first kappa shape index (κ1) is 14.8. The van der Waals surface area contributed by atoms with Gasteiger partial charge in [-0.05, 0) is 32.2 Å². The molecule has 2 rings (SSSR count). The van der Waals surface area contributed by atoms with Crippen molar-refractivity contribution in [2.75, 3.05) is 39.9 Å². The van der Waals surface area contributed by atoms with Crippen molar-refractivity contribution in [1.29, 1.82) is 0 Å². The highest BCUT2D eigenvalue weighted by Gasteiger charge is 2.18. The largest absolute Gasteiger partial charge is 0.494 e. The molecule has 1 unspecified atom stereocenters. The zero-order valence-electron chi connectivity index (χ0n) is 12.1. The number of likely N-dealkylation sites (N-methyl/N-ethyl adjacent to an activating group) is 1. The number of ether oxygens (including phenoxy) is 2. The number of benzene rings is 1. The van der Waals surface area contributed by atoms with Gasteiger partial charge in [0.05, 0.1) is 19.3 Å². The van der Waals surface area contributed by atoms with E-state index in [2.05, 4.69) is 17.3 Å².